The molecule has 0 radical (unpaired) electrons. The maximum atomic E-state index is 11.5. The van der Waals surface area contributed by atoms with E-state index in [2.05, 4.69) is 25.3 Å². The Labute approximate surface area is 151 Å². The fourth-order valence-corrected chi connectivity index (χ4v) is 10.1. The lowest BCUT2D eigenvalue weighted by Gasteiger charge is -2.68. The number of piperidine rings is 1. The van der Waals surface area contributed by atoms with E-state index >= 15 is 0 Å². The fraction of sp³-hybridized carbons (Fsp3) is 0.909. The number of fused-ring (bicyclic) bond motifs is 2. The number of rotatable bonds is 1. The van der Waals surface area contributed by atoms with Crippen LogP contribution in [0.15, 0.2) is 12.2 Å². The maximum Gasteiger partial charge on any atom is 0.0814 e. The molecule has 7 aliphatic rings. The zero-order valence-electron chi connectivity index (χ0n) is 15.7. The van der Waals surface area contributed by atoms with E-state index in [-0.39, 0.29) is 29.0 Å². The molecular weight excluding hydrogens is 310 g/mol. The van der Waals surface area contributed by atoms with Crippen LogP contribution in [0, 0.1) is 39.9 Å². The van der Waals surface area contributed by atoms with Crippen LogP contribution >= 0.6 is 0 Å². The van der Waals surface area contributed by atoms with E-state index in [0.717, 1.165) is 30.9 Å². The summed E-state index contributed by atoms with van der Waals surface area (Å²) in [6, 6.07) is 0.592. The normalized spacial score (nSPS) is 64.6. The zero-order valence-corrected chi connectivity index (χ0v) is 15.7. The first-order chi connectivity index (χ1) is 11.9. The average molecular weight is 344 g/mol. The summed E-state index contributed by atoms with van der Waals surface area (Å²) < 4.78 is 0. The number of likely N-dealkylation sites (tertiary alicyclic amines) is 1. The maximum absolute atomic E-state index is 11.5. The second-order valence-electron chi connectivity index (χ2n) is 10.7. The molecule has 1 saturated heterocycles. The first-order valence-corrected chi connectivity index (χ1v) is 10.7. The van der Waals surface area contributed by atoms with Crippen molar-refractivity contribution in [2.75, 3.05) is 13.1 Å². The molecule has 2 N–H and O–H groups in total. The Morgan fingerprint density at radius 2 is 2.00 bits per heavy atom. The number of aliphatic hydroxyl groups excluding tert-OH is 2. The van der Waals surface area contributed by atoms with E-state index < -0.39 is 0 Å². The van der Waals surface area contributed by atoms with Gasteiger partial charge in [0.15, 0.2) is 0 Å². The highest BCUT2D eigenvalue weighted by molar-refractivity contribution is 5.38. The Balaban J connectivity index is 1.60. The predicted octanol–water partition coefficient (Wildman–Crippen LogP) is 2.82. The second-order valence-corrected chi connectivity index (χ2v) is 10.7. The molecule has 2 spiro atoms. The fourth-order valence-electron chi connectivity index (χ4n) is 10.1. The molecule has 6 aliphatic carbocycles. The molecule has 6 saturated carbocycles. The highest BCUT2D eigenvalue weighted by atomic mass is 16.3. The van der Waals surface area contributed by atoms with Crippen molar-refractivity contribution in [1.29, 1.82) is 0 Å². The Morgan fingerprint density at radius 1 is 1.20 bits per heavy atom. The standard InChI is InChI=1S/C22H33NO2/c1-4-23-11-20(3)7-5-8-22-15(20)10-14(18(22)23)21-9-6-13(12(2)19(21)25)16(24)17(21)22/h13-19,24-25H,2,4-11H2,1,3H3/t13-,14+,15-,16+,17-,18?,19-,20+,21+,22+/m1/s1. The molecule has 0 aromatic heterocycles. The van der Waals surface area contributed by atoms with E-state index in [4.69, 9.17) is 0 Å². The summed E-state index contributed by atoms with van der Waals surface area (Å²) in [6.45, 7) is 11.5. The van der Waals surface area contributed by atoms with Crippen molar-refractivity contribution in [2.24, 2.45) is 39.9 Å². The van der Waals surface area contributed by atoms with Gasteiger partial charge in [0.05, 0.1) is 12.2 Å². The zero-order chi connectivity index (χ0) is 17.4. The average Bonchev–Trinajstić information content (AvgIpc) is 2.99. The Kier molecular flexibility index (Phi) is 2.73. The predicted molar refractivity (Wildman–Crippen MR) is 96.8 cm³/mol. The van der Waals surface area contributed by atoms with Gasteiger partial charge >= 0.3 is 0 Å². The van der Waals surface area contributed by atoms with Crippen molar-refractivity contribution in [3.05, 3.63) is 12.2 Å². The molecule has 0 amide bonds. The van der Waals surface area contributed by atoms with Crippen LogP contribution in [0.5, 0.6) is 0 Å². The van der Waals surface area contributed by atoms with Gasteiger partial charge in [0.2, 0.25) is 0 Å². The van der Waals surface area contributed by atoms with Gasteiger partial charge in [0.25, 0.3) is 0 Å². The summed E-state index contributed by atoms with van der Waals surface area (Å²) in [7, 11) is 0. The third-order valence-electron chi connectivity index (χ3n) is 10.5. The van der Waals surface area contributed by atoms with Crippen molar-refractivity contribution < 1.29 is 10.2 Å². The quantitative estimate of drug-likeness (QED) is 0.720. The number of nitrogens with zero attached hydrogens (tertiary/aromatic N) is 1. The lowest BCUT2D eigenvalue weighted by atomic mass is 9.39. The van der Waals surface area contributed by atoms with Crippen LogP contribution in [0.25, 0.3) is 0 Å². The van der Waals surface area contributed by atoms with E-state index in [1.807, 2.05) is 0 Å². The molecule has 25 heavy (non-hydrogen) atoms. The molecule has 0 aromatic carbocycles. The Hall–Kier alpha value is -0.380. The third-order valence-corrected chi connectivity index (χ3v) is 10.5. The molecule has 3 heteroatoms. The van der Waals surface area contributed by atoms with Crippen molar-refractivity contribution in [2.45, 2.75) is 70.6 Å². The summed E-state index contributed by atoms with van der Waals surface area (Å²) >= 11 is 0. The van der Waals surface area contributed by atoms with Crippen molar-refractivity contribution in [3.8, 4) is 0 Å². The summed E-state index contributed by atoms with van der Waals surface area (Å²) in [5.41, 5.74) is 1.54. The van der Waals surface area contributed by atoms with E-state index in [9.17, 15) is 10.2 Å². The molecular formula is C22H33NO2. The molecule has 7 fully saturated rings. The minimum absolute atomic E-state index is 0.0809. The van der Waals surface area contributed by atoms with Crippen LogP contribution < -0.4 is 0 Å². The van der Waals surface area contributed by atoms with Gasteiger partial charge in [0.1, 0.15) is 0 Å². The van der Waals surface area contributed by atoms with Gasteiger partial charge in [-0.1, -0.05) is 26.8 Å². The van der Waals surface area contributed by atoms with Gasteiger partial charge in [-0.05, 0) is 66.9 Å². The van der Waals surface area contributed by atoms with Crippen LogP contribution in [0.3, 0.4) is 0 Å². The van der Waals surface area contributed by atoms with Crippen molar-refractivity contribution in [3.63, 3.8) is 0 Å². The smallest absolute Gasteiger partial charge is 0.0814 e. The van der Waals surface area contributed by atoms with Crippen molar-refractivity contribution in [1.82, 2.24) is 4.90 Å². The summed E-state index contributed by atoms with van der Waals surface area (Å²) in [5, 5.41) is 22.9. The molecule has 1 aliphatic heterocycles. The van der Waals surface area contributed by atoms with E-state index in [1.165, 1.54) is 32.2 Å². The number of aliphatic hydroxyl groups is 2. The monoisotopic (exact) mass is 343 g/mol. The third kappa shape index (κ3) is 1.34. The highest BCUT2D eigenvalue weighted by Gasteiger charge is 2.84. The van der Waals surface area contributed by atoms with Gasteiger partial charge in [-0.25, -0.2) is 0 Å². The summed E-state index contributed by atoms with van der Waals surface area (Å²) in [4.78, 5) is 2.77. The number of hydrogen-bond donors (Lipinski definition) is 2. The Morgan fingerprint density at radius 3 is 2.76 bits per heavy atom. The highest BCUT2D eigenvalue weighted by Crippen LogP contribution is 2.83. The van der Waals surface area contributed by atoms with Crippen LogP contribution in [-0.4, -0.2) is 46.5 Å². The molecule has 3 nitrogen and oxygen atoms in total. The largest absolute Gasteiger partial charge is 0.392 e. The first kappa shape index (κ1) is 15.7. The van der Waals surface area contributed by atoms with Crippen LogP contribution in [-0.2, 0) is 0 Å². The van der Waals surface area contributed by atoms with E-state index in [1.54, 1.807) is 0 Å². The Bertz CT molecular complexity index is 662. The number of hydrogen-bond acceptors (Lipinski definition) is 3. The summed E-state index contributed by atoms with van der Waals surface area (Å²) in [6.07, 6.45) is 6.75. The van der Waals surface area contributed by atoms with Crippen LogP contribution in [0.4, 0.5) is 0 Å². The van der Waals surface area contributed by atoms with Crippen molar-refractivity contribution >= 4 is 0 Å². The molecule has 1 heterocycles. The van der Waals surface area contributed by atoms with Crippen LogP contribution in [0.1, 0.15) is 52.4 Å². The molecule has 7 rings (SSSR count). The molecule has 10 atom stereocenters. The van der Waals surface area contributed by atoms with Crippen LogP contribution in [0.2, 0.25) is 0 Å². The van der Waals surface area contributed by atoms with Gasteiger partial charge in [0, 0.05) is 29.8 Å². The van der Waals surface area contributed by atoms with E-state index in [0.29, 0.717) is 23.3 Å². The second kappa shape index (κ2) is 4.36. The van der Waals surface area contributed by atoms with Gasteiger partial charge in [-0.2, -0.15) is 0 Å². The first-order valence-electron chi connectivity index (χ1n) is 10.7. The molecule has 1 unspecified atom stereocenters. The molecule has 7 bridgehead atoms. The minimum atomic E-state index is -0.377. The minimum Gasteiger partial charge on any atom is -0.392 e. The topological polar surface area (TPSA) is 43.7 Å². The SMILES string of the molecule is C=C1[C@H]2CC[C@]3([C@@H]1O)[C@H]1C[C@@H]4[C@@]5(C)CCC[C@@]4(C1N(CC)C5)[C@@H]3[C@H]2O. The summed E-state index contributed by atoms with van der Waals surface area (Å²) in [5.74, 6) is 1.77. The van der Waals surface area contributed by atoms with Gasteiger partial charge in [-0.15, -0.1) is 0 Å². The van der Waals surface area contributed by atoms with Gasteiger partial charge in [-0.3, -0.25) is 4.90 Å². The van der Waals surface area contributed by atoms with Gasteiger partial charge < -0.3 is 10.2 Å². The lowest BCUT2D eigenvalue weighted by molar-refractivity contribution is -0.227. The molecule has 138 valence electrons. The molecule has 0 aromatic rings. The lowest BCUT2D eigenvalue weighted by Crippen LogP contribution is -2.69.